The SMILES string of the molecule is O=C(NCCn1cnc2ccsc2c1=O)c1cncc(Br)c1. The molecule has 0 saturated carbocycles. The van der Waals surface area contributed by atoms with Crippen LogP contribution in [0.5, 0.6) is 0 Å². The maximum Gasteiger partial charge on any atom is 0.271 e. The summed E-state index contributed by atoms with van der Waals surface area (Å²) in [5.41, 5.74) is 1.09. The molecule has 8 heteroatoms. The van der Waals surface area contributed by atoms with Crippen molar-refractivity contribution in [3.05, 3.63) is 56.6 Å². The second-order valence-corrected chi connectivity index (χ2v) is 6.36. The number of nitrogens with one attached hydrogen (secondary N) is 1. The fourth-order valence-electron chi connectivity index (χ4n) is 1.97. The second-order valence-electron chi connectivity index (χ2n) is 4.53. The first-order valence-corrected chi connectivity index (χ1v) is 8.14. The number of amides is 1. The van der Waals surface area contributed by atoms with Gasteiger partial charge in [0.05, 0.1) is 17.4 Å². The van der Waals surface area contributed by atoms with Crippen LogP contribution in [0.3, 0.4) is 0 Å². The number of halogens is 1. The average Bonchev–Trinajstić information content (AvgIpc) is 2.99. The van der Waals surface area contributed by atoms with Crippen LogP contribution in [0.1, 0.15) is 10.4 Å². The topological polar surface area (TPSA) is 76.9 Å². The molecule has 0 aliphatic heterocycles. The molecule has 3 aromatic heterocycles. The molecular weight excluding hydrogens is 368 g/mol. The number of thiophene rings is 1. The number of carbonyl (C=O) groups is 1. The number of rotatable bonds is 4. The summed E-state index contributed by atoms with van der Waals surface area (Å²) in [5.74, 6) is -0.230. The van der Waals surface area contributed by atoms with E-state index in [9.17, 15) is 9.59 Å². The molecule has 0 aliphatic carbocycles. The normalized spacial score (nSPS) is 10.8. The van der Waals surface area contributed by atoms with Crippen LogP contribution < -0.4 is 10.9 Å². The second kappa shape index (κ2) is 6.37. The van der Waals surface area contributed by atoms with Crippen LogP contribution in [0, 0.1) is 0 Å². The Kier molecular flexibility index (Phi) is 4.30. The third kappa shape index (κ3) is 3.07. The highest BCUT2D eigenvalue weighted by Gasteiger charge is 2.08. The maximum atomic E-state index is 12.2. The summed E-state index contributed by atoms with van der Waals surface area (Å²) in [7, 11) is 0. The zero-order valence-corrected chi connectivity index (χ0v) is 13.7. The maximum absolute atomic E-state index is 12.2. The van der Waals surface area contributed by atoms with E-state index in [4.69, 9.17) is 0 Å². The van der Waals surface area contributed by atoms with Crippen molar-refractivity contribution in [1.29, 1.82) is 0 Å². The molecule has 0 unspecified atom stereocenters. The van der Waals surface area contributed by atoms with Gasteiger partial charge in [-0.05, 0) is 33.4 Å². The Labute approximate surface area is 138 Å². The van der Waals surface area contributed by atoms with E-state index in [1.54, 1.807) is 12.3 Å². The van der Waals surface area contributed by atoms with Crippen molar-refractivity contribution in [3.8, 4) is 0 Å². The number of fused-ring (bicyclic) bond motifs is 1. The Morgan fingerprint density at radius 1 is 1.41 bits per heavy atom. The van der Waals surface area contributed by atoms with Gasteiger partial charge in [0.1, 0.15) is 4.70 Å². The van der Waals surface area contributed by atoms with Crippen molar-refractivity contribution < 1.29 is 4.79 Å². The number of pyridine rings is 1. The summed E-state index contributed by atoms with van der Waals surface area (Å²) in [5, 5.41) is 4.60. The Morgan fingerprint density at radius 2 is 2.27 bits per heavy atom. The zero-order chi connectivity index (χ0) is 15.5. The van der Waals surface area contributed by atoms with Crippen molar-refractivity contribution >= 4 is 43.4 Å². The highest BCUT2D eigenvalue weighted by Crippen LogP contribution is 2.13. The molecule has 6 nitrogen and oxygen atoms in total. The van der Waals surface area contributed by atoms with Gasteiger partial charge in [-0.1, -0.05) is 0 Å². The molecular formula is C14H11BrN4O2S. The minimum Gasteiger partial charge on any atom is -0.350 e. The van der Waals surface area contributed by atoms with Crippen molar-refractivity contribution in [2.45, 2.75) is 6.54 Å². The predicted molar refractivity (Wildman–Crippen MR) is 88.2 cm³/mol. The van der Waals surface area contributed by atoms with Gasteiger partial charge >= 0.3 is 0 Å². The van der Waals surface area contributed by atoms with Crippen molar-refractivity contribution in [3.63, 3.8) is 0 Å². The molecule has 22 heavy (non-hydrogen) atoms. The van der Waals surface area contributed by atoms with E-state index in [0.29, 0.717) is 28.9 Å². The summed E-state index contributed by atoms with van der Waals surface area (Å²) >= 11 is 4.64. The lowest BCUT2D eigenvalue weighted by atomic mass is 10.3. The molecule has 3 rings (SSSR count). The Hall–Kier alpha value is -2.06. The lowest BCUT2D eigenvalue weighted by Crippen LogP contribution is -2.30. The largest absolute Gasteiger partial charge is 0.350 e. The summed E-state index contributed by atoms with van der Waals surface area (Å²) < 4.78 is 2.87. The molecule has 0 bridgehead atoms. The summed E-state index contributed by atoms with van der Waals surface area (Å²) in [4.78, 5) is 32.3. The number of carbonyl (C=O) groups excluding carboxylic acids is 1. The number of hydrogen-bond acceptors (Lipinski definition) is 5. The van der Waals surface area contributed by atoms with Crippen LogP contribution in [-0.4, -0.2) is 27.0 Å². The molecule has 0 saturated heterocycles. The fraction of sp³-hybridized carbons (Fsp3) is 0.143. The number of aromatic nitrogens is 3. The Bertz CT molecular complexity index is 890. The molecule has 1 amide bonds. The summed E-state index contributed by atoms with van der Waals surface area (Å²) in [6.45, 7) is 0.705. The van der Waals surface area contributed by atoms with E-state index in [1.165, 1.54) is 28.4 Å². The highest BCUT2D eigenvalue weighted by atomic mass is 79.9. The molecule has 3 heterocycles. The van der Waals surface area contributed by atoms with E-state index >= 15 is 0 Å². The fourth-order valence-corrected chi connectivity index (χ4v) is 3.12. The smallest absolute Gasteiger partial charge is 0.271 e. The molecule has 0 aromatic carbocycles. The van der Waals surface area contributed by atoms with E-state index < -0.39 is 0 Å². The molecule has 0 spiro atoms. The average molecular weight is 379 g/mol. The molecule has 3 aromatic rings. The van der Waals surface area contributed by atoms with Crippen molar-refractivity contribution in [1.82, 2.24) is 19.9 Å². The molecule has 1 N–H and O–H groups in total. The Balaban J connectivity index is 1.66. The Morgan fingerprint density at radius 3 is 3.09 bits per heavy atom. The predicted octanol–water partition coefficient (Wildman–Crippen LogP) is 2.05. The molecule has 0 atom stereocenters. The minimum atomic E-state index is -0.230. The highest BCUT2D eigenvalue weighted by molar-refractivity contribution is 9.10. The third-order valence-corrected chi connectivity index (χ3v) is 4.37. The monoisotopic (exact) mass is 378 g/mol. The standard InChI is InChI=1S/C14H11BrN4O2S/c15-10-5-9(6-16-7-10)13(20)17-2-3-19-8-18-11-1-4-22-12(11)14(19)21/h1,4-8H,2-3H2,(H,17,20). The van der Waals surface area contributed by atoms with E-state index in [0.717, 1.165) is 4.47 Å². The lowest BCUT2D eigenvalue weighted by Gasteiger charge is -2.07. The quantitative estimate of drug-likeness (QED) is 0.753. The van der Waals surface area contributed by atoms with E-state index in [1.807, 2.05) is 11.4 Å². The molecule has 112 valence electrons. The van der Waals surface area contributed by atoms with Crippen molar-refractivity contribution in [2.75, 3.05) is 6.54 Å². The van der Waals surface area contributed by atoms with Crippen LogP contribution in [0.15, 0.2) is 45.5 Å². The zero-order valence-electron chi connectivity index (χ0n) is 11.3. The first kappa shape index (κ1) is 14.9. The van der Waals surface area contributed by atoms with Crippen LogP contribution in [0.2, 0.25) is 0 Å². The van der Waals surface area contributed by atoms with Crippen LogP contribution in [-0.2, 0) is 6.54 Å². The van der Waals surface area contributed by atoms with E-state index in [2.05, 4.69) is 31.2 Å². The van der Waals surface area contributed by atoms with Gasteiger partial charge in [-0.15, -0.1) is 11.3 Å². The number of nitrogens with zero attached hydrogens (tertiary/aromatic N) is 3. The van der Waals surface area contributed by atoms with Gasteiger partial charge in [-0.25, -0.2) is 4.98 Å². The molecule has 0 fully saturated rings. The van der Waals surface area contributed by atoms with Gasteiger partial charge in [0.25, 0.3) is 11.5 Å². The van der Waals surface area contributed by atoms with Gasteiger partial charge in [0.15, 0.2) is 0 Å². The first-order chi connectivity index (χ1) is 10.6. The van der Waals surface area contributed by atoms with E-state index in [-0.39, 0.29) is 11.5 Å². The van der Waals surface area contributed by atoms with Gasteiger partial charge < -0.3 is 5.32 Å². The first-order valence-electron chi connectivity index (χ1n) is 6.46. The molecule has 0 radical (unpaired) electrons. The van der Waals surface area contributed by atoms with Gasteiger partial charge in [-0.3, -0.25) is 19.1 Å². The number of hydrogen-bond donors (Lipinski definition) is 1. The van der Waals surface area contributed by atoms with Gasteiger partial charge in [0, 0.05) is 30.0 Å². The summed E-state index contributed by atoms with van der Waals surface area (Å²) in [6.07, 6.45) is 4.61. The van der Waals surface area contributed by atoms with Gasteiger partial charge in [-0.2, -0.15) is 0 Å². The van der Waals surface area contributed by atoms with Crippen LogP contribution in [0.4, 0.5) is 0 Å². The minimum absolute atomic E-state index is 0.0848. The third-order valence-electron chi connectivity index (χ3n) is 3.04. The van der Waals surface area contributed by atoms with Gasteiger partial charge in [0.2, 0.25) is 0 Å². The van der Waals surface area contributed by atoms with Crippen LogP contribution in [0.25, 0.3) is 10.2 Å². The lowest BCUT2D eigenvalue weighted by molar-refractivity contribution is 0.0951. The summed E-state index contributed by atoms with van der Waals surface area (Å²) in [6, 6.07) is 3.50. The van der Waals surface area contributed by atoms with Crippen LogP contribution >= 0.6 is 27.3 Å². The van der Waals surface area contributed by atoms with Crippen molar-refractivity contribution in [2.24, 2.45) is 0 Å². The molecule has 0 aliphatic rings.